The highest BCUT2D eigenvalue weighted by molar-refractivity contribution is 6.16. The zero-order chi connectivity index (χ0) is 25.9. The topological polar surface area (TPSA) is 145 Å². The molecule has 0 aromatic heterocycles. The molecule has 35 heavy (non-hydrogen) atoms. The molecule has 4 atom stereocenters. The second kappa shape index (κ2) is 11.1. The van der Waals surface area contributed by atoms with Crippen molar-refractivity contribution in [1.29, 1.82) is 0 Å². The Balaban J connectivity index is 1.84. The quantitative estimate of drug-likeness (QED) is 0.320. The second-order valence-corrected chi connectivity index (χ2v) is 8.75. The highest BCUT2D eigenvalue weighted by Gasteiger charge is 2.57. The number of hydrogen-bond donors (Lipinski definition) is 4. The Hall–Kier alpha value is -3.08. The van der Waals surface area contributed by atoms with Gasteiger partial charge in [-0.05, 0) is 54.5 Å². The van der Waals surface area contributed by atoms with Gasteiger partial charge >= 0.3 is 6.09 Å². The van der Waals surface area contributed by atoms with E-state index in [4.69, 9.17) is 0 Å². The first kappa shape index (κ1) is 26.5. The minimum absolute atomic E-state index is 0.0224. The molecule has 3 amide bonds. The SMILES string of the molecule is CC/C(=C\c1ccc(O)c(F)c1)CC[C@@H](O)C1=C(CO)C[C@H]2C(=O)N(C(=O)OC)C(=O)[C@H]2[C@H]1CO. The van der Waals surface area contributed by atoms with E-state index in [1.165, 1.54) is 12.1 Å². The summed E-state index contributed by atoms with van der Waals surface area (Å²) in [6, 6.07) is 4.02. The highest BCUT2D eigenvalue weighted by atomic mass is 19.1. The molecule has 0 radical (unpaired) electrons. The number of methoxy groups -OCH3 is 1. The third-order valence-electron chi connectivity index (χ3n) is 6.82. The van der Waals surface area contributed by atoms with Gasteiger partial charge in [-0.15, -0.1) is 0 Å². The molecule has 1 aliphatic carbocycles. The fourth-order valence-corrected chi connectivity index (χ4v) is 5.05. The number of aliphatic hydroxyl groups excluding tert-OH is 3. The van der Waals surface area contributed by atoms with Crippen molar-refractivity contribution in [1.82, 2.24) is 4.90 Å². The number of fused-ring (bicyclic) bond motifs is 1. The molecule has 190 valence electrons. The van der Waals surface area contributed by atoms with Gasteiger partial charge in [0.25, 0.3) is 0 Å². The molecular formula is C25H30FNO8. The minimum Gasteiger partial charge on any atom is -0.505 e. The van der Waals surface area contributed by atoms with Crippen LogP contribution in [-0.2, 0) is 14.3 Å². The van der Waals surface area contributed by atoms with Crippen LogP contribution < -0.4 is 0 Å². The number of amides is 3. The van der Waals surface area contributed by atoms with Gasteiger partial charge in [0.2, 0.25) is 11.8 Å². The molecule has 1 fully saturated rings. The van der Waals surface area contributed by atoms with Crippen molar-refractivity contribution in [3.8, 4) is 5.75 Å². The first-order chi connectivity index (χ1) is 16.7. The fraction of sp³-hybridized carbons (Fsp3) is 0.480. The molecule has 0 bridgehead atoms. The normalized spacial score (nSPS) is 23.5. The third-order valence-corrected chi connectivity index (χ3v) is 6.82. The van der Waals surface area contributed by atoms with E-state index in [1.807, 2.05) is 6.92 Å². The van der Waals surface area contributed by atoms with Gasteiger partial charge in [0.1, 0.15) is 0 Å². The smallest absolute Gasteiger partial charge is 0.423 e. The molecule has 1 heterocycles. The molecule has 0 spiro atoms. The maximum atomic E-state index is 13.7. The van der Waals surface area contributed by atoms with E-state index in [2.05, 4.69) is 4.74 Å². The predicted molar refractivity (Wildman–Crippen MR) is 122 cm³/mol. The van der Waals surface area contributed by atoms with Gasteiger partial charge in [0, 0.05) is 5.92 Å². The number of benzene rings is 1. The summed E-state index contributed by atoms with van der Waals surface area (Å²) in [4.78, 5) is 38.1. The Labute approximate surface area is 202 Å². The number of phenolic OH excluding ortho intramolecular Hbond substituents is 1. The summed E-state index contributed by atoms with van der Waals surface area (Å²) in [6.45, 7) is 0.864. The molecule has 4 N–H and O–H groups in total. The van der Waals surface area contributed by atoms with Crippen LogP contribution in [0.2, 0.25) is 0 Å². The highest BCUT2D eigenvalue weighted by Crippen LogP contribution is 2.46. The zero-order valence-electron chi connectivity index (χ0n) is 19.6. The number of carbonyl (C=O) groups is 3. The van der Waals surface area contributed by atoms with Crippen LogP contribution in [0.4, 0.5) is 9.18 Å². The number of hydrogen-bond acceptors (Lipinski definition) is 8. The second-order valence-electron chi connectivity index (χ2n) is 8.75. The van der Waals surface area contributed by atoms with Gasteiger partial charge in [0.15, 0.2) is 11.6 Å². The van der Waals surface area contributed by atoms with Crippen molar-refractivity contribution >= 4 is 24.0 Å². The monoisotopic (exact) mass is 491 g/mol. The summed E-state index contributed by atoms with van der Waals surface area (Å²) in [6.07, 6.45) is 0.691. The molecule has 10 heteroatoms. The van der Waals surface area contributed by atoms with Crippen LogP contribution in [0.1, 0.15) is 38.2 Å². The van der Waals surface area contributed by atoms with Crippen molar-refractivity contribution in [3.63, 3.8) is 0 Å². The Morgan fingerprint density at radius 3 is 2.57 bits per heavy atom. The standard InChI is InChI=1S/C25H30FNO8/c1-3-13(8-14-5-6-19(30)18(26)9-14)4-7-20(31)21-15(11-28)10-16-22(17(21)12-29)24(33)27(23(16)32)25(34)35-2/h5-6,8-9,16-17,20,22,28-31H,3-4,7,10-12H2,1-2H3/b13-8+/t16-,17+,20-,22-/m1/s1. The van der Waals surface area contributed by atoms with Crippen LogP contribution in [0.15, 0.2) is 34.9 Å². The average Bonchev–Trinajstić information content (AvgIpc) is 3.11. The molecule has 0 saturated carbocycles. The van der Waals surface area contributed by atoms with E-state index in [0.29, 0.717) is 34.5 Å². The van der Waals surface area contributed by atoms with Crippen LogP contribution in [0.5, 0.6) is 5.75 Å². The van der Waals surface area contributed by atoms with Gasteiger partial charge in [-0.3, -0.25) is 9.59 Å². The summed E-state index contributed by atoms with van der Waals surface area (Å²) in [5.41, 5.74) is 2.09. The van der Waals surface area contributed by atoms with E-state index in [-0.39, 0.29) is 12.8 Å². The average molecular weight is 492 g/mol. The maximum Gasteiger partial charge on any atom is 0.423 e. The number of rotatable bonds is 8. The Bertz CT molecular complexity index is 1070. The van der Waals surface area contributed by atoms with Crippen LogP contribution >= 0.6 is 0 Å². The van der Waals surface area contributed by atoms with Gasteiger partial charge in [-0.2, -0.15) is 4.90 Å². The predicted octanol–water partition coefficient (Wildman–Crippen LogP) is 2.13. The maximum absolute atomic E-state index is 13.7. The number of aliphatic hydroxyl groups is 3. The number of halogens is 1. The fourth-order valence-electron chi connectivity index (χ4n) is 5.05. The number of aromatic hydroxyl groups is 1. The Kier molecular flexibility index (Phi) is 8.42. The first-order valence-electron chi connectivity index (χ1n) is 11.4. The summed E-state index contributed by atoms with van der Waals surface area (Å²) in [7, 11) is 1.05. The number of ether oxygens (including phenoxy) is 1. The largest absolute Gasteiger partial charge is 0.505 e. The van der Waals surface area contributed by atoms with Crippen molar-refractivity contribution < 1.29 is 43.9 Å². The van der Waals surface area contributed by atoms with Crippen molar-refractivity contribution in [3.05, 3.63) is 46.3 Å². The van der Waals surface area contributed by atoms with Gasteiger partial charge in [-0.1, -0.05) is 24.6 Å². The number of phenols is 1. The van der Waals surface area contributed by atoms with E-state index in [9.17, 15) is 39.2 Å². The number of imide groups is 3. The van der Waals surface area contributed by atoms with Crippen molar-refractivity contribution in [2.45, 2.75) is 38.7 Å². The summed E-state index contributed by atoms with van der Waals surface area (Å²) in [5, 5.41) is 40.5. The lowest BCUT2D eigenvalue weighted by atomic mass is 9.68. The third kappa shape index (κ3) is 5.14. The lowest BCUT2D eigenvalue weighted by molar-refractivity contribution is -0.137. The number of nitrogens with zero attached hydrogens (tertiary/aromatic N) is 1. The van der Waals surface area contributed by atoms with E-state index < -0.39 is 66.5 Å². The lowest BCUT2D eigenvalue weighted by Crippen LogP contribution is -2.40. The van der Waals surface area contributed by atoms with Crippen LogP contribution in [0.25, 0.3) is 6.08 Å². The van der Waals surface area contributed by atoms with E-state index in [1.54, 1.807) is 12.1 Å². The zero-order valence-corrected chi connectivity index (χ0v) is 19.6. The molecule has 9 nitrogen and oxygen atoms in total. The lowest BCUT2D eigenvalue weighted by Gasteiger charge is -2.36. The van der Waals surface area contributed by atoms with E-state index in [0.717, 1.165) is 12.7 Å². The molecular weight excluding hydrogens is 461 g/mol. The molecule has 3 rings (SSSR count). The van der Waals surface area contributed by atoms with Crippen LogP contribution in [0, 0.1) is 23.6 Å². The minimum atomic E-state index is -1.13. The first-order valence-corrected chi connectivity index (χ1v) is 11.4. The molecule has 1 aliphatic heterocycles. The molecule has 0 unspecified atom stereocenters. The summed E-state index contributed by atoms with van der Waals surface area (Å²) >= 11 is 0. The van der Waals surface area contributed by atoms with Gasteiger partial charge in [0.05, 0.1) is 38.3 Å². The molecule has 1 aromatic rings. The summed E-state index contributed by atoms with van der Waals surface area (Å²) in [5.74, 6) is -5.67. The van der Waals surface area contributed by atoms with Crippen molar-refractivity contribution in [2.24, 2.45) is 17.8 Å². The van der Waals surface area contributed by atoms with Crippen molar-refractivity contribution in [2.75, 3.05) is 20.3 Å². The Morgan fingerprint density at radius 1 is 1.29 bits per heavy atom. The number of carbonyl (C=O) groups excluding carboxylic acids is 3. The van der Waals surface area contributed by atoms with Crippen LogP contribution in [-0.4, -0.2) is 69.7 Å². The van der Waals surface area contributed by atoms with E-state index >= 15 is 0 Å². The Morgan fingerprint density at radius 2 is 2.00 bits per heavy atom. The summed E-state index contributed by atoms with van der Waals surface area (Å²) < 4.78 is 18.2. The molecule has 1 saturated heterocycles. The molecule has 2 aliphatic rings. The molecule has 1 aromatic carbocycles. The van der Waals surface area contributed by atoms with Gasteiger partial charge < -0.3 is 25.2 Å². The number of likely N-dealkylation sites (tertiary alicyclic amines) is 1. The van der Waals surface area contributed by atoms with Gasteiger partial charge in [-0.25, -0.2) is 9.18 Å². The number of allylic oxidation sites excluding steroid dienone is 1. The van der Waals surface area contributed by atoms with Crippen LogP contribution in [0.3, 0.4) is 0 Å².